The van der Waals surface area contributed by atoms with E-state index in [1.54, 1.807) is 112 Å². The van der Waals surface area contributed by atoms with Crippen molar-refractivity contribution in [1.82, 2.24) is 0 Å². The highest BCUT2D eigenvalue weighted by Gasteiger charge is 2.18. The van der Waals surface area contributed by atoms with E-state index in [1.807, 2.05) is 25.9 Å². The molecule has 29 nitrogen and oxygen atoms in total. The molecule has 0 saturated carbocycles. The van der Waals surface area contributed by atoms with Gasteiger partial charge in [0.05, 0.1) is 107 Å². The molecule has 0 saturated heterocycles. The summed E-state index contributed by atoms with van der Waals surface area (Å²) in [4.78, 5) is 28.3. The molecule has 0 spiro atoms. The second-order valence-electron chi connectivity index (χ2n) is 16.9. The first-order chi connectivity index (χ1) is 41.2. The molecule has 16 N–H and O–H groups in total. The van der Waals surface area contributed by atoms with Gasteiger partial charge < -0.3 is 106 Å². The number of aliphatic hydroxyl groups excluding tert-OH is 10. The van der Waals surface area contributed by atoms with Gasteiger partial charge in [-0.3, -0.25) is 16.1 Å². The number of methoxy groups -OCH3 is 5. The molecule has 4 aromatic rings. The van der Waals surface area contributed by atoms with Crippen LogP contribution in [0.1, 0.15) is 8.85 Å². The summed E-state index contributed by atoms with van der Waals surface area (Å²) in [6.07, 6.45) is 5.14. The van der Waals surface area contributed by atoms with Gasteiger partial charge in [0.25, 0.3) is 0 Å². The molecule has 0 amide bonds. The zero-order valence-corrected chi connectivity index (χ0v) is 51.2. The number of ether oxygens (including phenoxy) is 5. The van der Waals surface area contributed by atoms with E-state index in [9.17, 15) is 9.81 Å². The number of allylic oxidation sites excluding steroid dienone is 3. The molecule has 0 heterocycles. The summed E-state index contributed by atoms with van der Waals surface area (Å²) < 4.78 is 32.9. The van der Waals surface area contributed by atoms with Crippen LogP contribution < -0.4 is 49.8 Å². The summed E-state index contributed by atoms with van der Waals surface area (Å²) in [6, 6.07) is 20.3. The van der Waals surface area contributed by atoms with Crippen LogP contribution in [0.3, 0.4) is 0 Å². The highest BCUT2D eigenvalue weighted by atomic mass is 35.5. The molecule has 0 aliphatic heterocycles. The van der Waals surface area contributed by atoms with Crippen molar-refractivity contribution in [3.8, 4) is 23.0 Å². The molecule has 4 aromatic carbocycles. The third kappa shape index (κ3) is 30.4. The summed E-state index contributed by atoms with van der Waals surface area (Å²) in [5, 5.41) is 111. The average molecular weight is 1280 g/mol. The predicted molar refractivity (Wildman–Crippen MR) is 348 cm³/mol. The first-order valence-electron chi connectivity index (χ1n) is 26.6. The van der Waals surface area contributed by atoms with Gasteiger partial charge in [-0.1, -0.05) is 7.43 Å². The Labute approximate surface area is 520 Å². The lowest BCUT2D eigenvalue weighted by Crippen LogP contribution is -2.29. The summed E-state index contributed by atoms with van der Waals surface area (Å²) in [6.45, 7) is 4.32. The minimum absolute atomic E-state index is 0. The van der Waals surface area contributed by atoms with Crippen molar-refractivity contribution in [2.75, 3.05) is 198 Å². The van der Waals surface area contributed by atoms with Crippen molar-refractivity contribution < 1.29 is 91.4 Å². The molecule has 0 radical (unpaired) electrons. The Balaban J connectivity index is -0.000000324. The number of nitrogen functional groups attached to an aromatic ring is 1. The zero-order chi connectivity index (χ0) is 64.0. The molecule has 0 bridgehead atoms. The van der Waals surface area contributed by atoms with E-state index < -0.39 is 0 Å². The summed E-state index contributed by atoms with van der Waals surface area (Å²) in [7, 11) is 9.15. The predicted octanol–water partition coefficient (Wildman–Crippen LogP) is 2.72. The third-order valence-electron chi connectivity index (χ3n) is 11.8. The molecule has 87 heavy (non-hydrogen) atoms. The van der Waals surface area contributed by atoms with E-state index in [4.69, 9.17) is 92.4 Å². The minimum atomic E-state index is -0.0179. The standard InChI is InChI=1S/C11H18N2O4.2C11H16N2O4.C11H18N2O3.C11H17N2O3.CH4.ClH.H2O.H3P/c3*1-17-11-8-9(2-3-10(11)12-16)13(4-6-14)5-7-15;2*1-16-11-8-9(2-3-10(11)12)13(4-6-14)5-7-15;;;;/h2-3,8,12,14-16H,4-7H2,1H3;2*2-3,8,14-15H,4-7H2,1H3;2-3,8,14-15H,4-7,12H2,1H3;2-3,8,12,14-15H,4-7H2,1H3;1H4;1H;1H2;1H3/q;;;;+1;;;;/i;;;;;;;;1D. The molecule has 1 unspecified atom stereocenters. The van der Waals surface area contributed by atoms with E-state index in [0.717, 1.165) is 28.5 Å². The van der Waals surface area contributed by atoms with Gasteiger partial charge in [0.15, 0.2) is 13.1 Å². The number of halogens is 1. The van der Waals surface area contributed by atoms with Gasteiger partial charge in [-0.15, -0.1) is 22.2 Å². The highest BCUT2D eigenvalue weighted by Crippen LogP contribution is 2.34. The number of rotatable bonds is 32. The molecule has 5 rings (SSSR count). The summed E-state index contributed by atoms with van der Waals surface area (Å²) in [5.41, 5.74) is 13.6. The molecule has 1 aliphatic carbocycles. The van der Waals surface area contributed by atoms with E-state index in [1.165, 1.54) is 28.4 Å². The number of benzene rings is 4. The van der Waals surface area contributed by atoms with Crippen LogP contribution in [0.15, 0.2) is 107 Å². The van der Waals surface area contributed by atoms with Gasteiger partial charge in [0.2, 0.25) is 5.71 Å². The van der Waals surface area contributed by atoms with Crippen LogP contribution in [0.25, 0.3) is 0 Å². The van der Waals surface area contributed by atoms with Crippen LogP contribution in [-0.4, -0.2) is 246 Å². The van der Waals surface area contributed by atoms with Gasteiger partial charge in [-0.05, 0) is 65.0 Å². The molecular formula is C56H95ClN10O19P+. The fraction of sp³-hybridized carbons (Fsp3) is 0.464. The Kier molecular flexibility index (Phi) is 50.4. The van der Waals surface area contributed by atoms with E-state index >= 15 is 0 Å². The van der Waals surface area contributed by atoms with Crippen LogP contribution in [-0.2, 0) is 4.74 Å². The molecule has 1 atom stereocenters. The van der Waals surface area contributed by atoms with Crippen LogP contribution in [0.5, 0.6) is 23.0 Å². The number of aliphatic hydroxyl groups is 10. The number of nitroso groups, excluding NO2 is 2. The van der Waals surface area contributed by atoms with Crippen molar-refractivity contribution in [3.05, 3.63) is 107 Å². The maximum atomic E-state index is 10.5. The Bertz CT molecular complexity index is 2510. The van der Waals surface area contributed by atoms with Crippen LogP contribution in [0.4, 0.5) is 45.5 Å². The van der Waals surface area contributed by atoms with Crippen molar-refractivity contribution >= 4 is 79.2 Å². The average Bonchev–Trinajstić information content (AvgIpc) is 3.75. The lowest BCUT2D eigenvalue weighted by molar-refractivity contribution is -0.530. The Hall–Kier alpha value is -7.06. The number of hydrogen-bond acceptors (Lipinski definition) is 28. The SMILES string of the molecule is C.COC1=CC(=[N+](CCO)CCO)C=CC1=N.COc1cc(N(CCO)CCO)ccc1N.COc1cc(N(CCO)CCO)ccc1N=O.COc1cc(N(CCO)CCO)ccc1N=O.COc1cc(N(CCO)CCO)ccc1NO.Cl.[2H]P.[H+].[OH-]. The quantitative estimate of drug-likeness (QED) is 0.00834. The first kappa shape index (κ1) is 84.1. The number of hydrogen-bond donors (Lipinski definition) is 14. The van der Waals surface area contributed by atoms with Crippen LogP contribution in [0, 0.1) is 15.2 Å². The van der Waals surface area contributed by atoms with Crippen LogP contribution >= 0.6 is 22.3 Å². The highest BCUT2D eigenvalue weighted by molar-refractivity contribution is 6.92. The van der Waals surface area contributed by atoms with Crippen molar-refractivity contribution in [3.63, 3.8) is 0 Å². The Morgan fingerprint density at radius 3 is 1.15 bits per heavy atom. The number of anilines is 6. The van der Waals surface area contributed by atoms with E-state index in [0.29, 0.717) is 111 Å². The van der Waals surface area contributed by atoms with E-state index in [-0.39, 0.29) is 104 Å². The lowest BCUT2D eigenvalue weighted by atomic mass is 10.1. The monoisotopic (exact) mass is 1280 g/mol. The van der Waals surface area contributed by atoms with Gasteiger partial charge in [-0.25, -0.2) is 4.58 Å². The first-order valence-corrected chi connectivity index (χ1v) is 26.0. The Morgan fingerprint density at radius 1 is 0.529 bits per heavy atom. The molecule has 0 fully saturated rings. The van der Waals surface area contributed by atoms with Crippen molar-refractivity contribution in [2.24, 2.45) is 10.4 Å². The molecule has 31 heteroatoms. The normalized spacial score (nSPS) is 10.6. The van der Waals surface area contributed by atoms with Crippen molar-refractivity contribution in [1.29, 1.82) is 6.69 Å². The topological polar surface area (TPSA) is 435 Å². The van der Waals surface area contributed by atoms with Gasteiger partial charge in [0, 0.05) is 105 Å². The fourth-order valence-corrected chi connectivity index (χ4v) is 7.68. The summed E-state index contributed by atoms with van der Waals surface area (Å²) in [5.74, 6) is 2.32. The number of nitrogens with zero attached hydrogens (tertiary/aromatic N) is 7. The van der Waals surface area contributed by atoms with Crippen molar-refractivity contribution in [2.45, 2.75) is 7.43 Å². The third-order valence-corrected chi connectivity index (χ3v) is 11.8. The Morgan fingerprint density at radius 2 is 0.851 bits per heavy atom. The fourth-order valence-electron chi connectivity index (χ4n) is 7.68. The zero-order valence-electron chi connectivity index (χ0n) is 51.2. The number of nitrogens with two attached hydrogens (primary N) is 1. The molecule has 0 aromatic heterocycles. The number of nitrogens with one attached hydrogen (secondary N) is 2. The summed E-state index contributed by atoms with van der Waals surface area (Å²) >= 11 is 0. The van der Waals surface area contributed by atoms with Gasteiger partial charge in [-0.2, -0.15) is 9.84 Å². The second kappa shape index (κ2) is 52.1. The maximum absolute atomic E-state index is 10.5. The smallest absolute Gasteiger partial charge is 0.870 e. The maximum Gasteiger partial charge on any atom is 1.00 e. The second-order valence-corrected chi connectivity index (χ2v) is 16.9. The van der Waals surface area contributed by atoms with Gasteiger partial charge in [0.1, 0.15) is 59.0 Å². The minimum Gasteiger partial charge on any atom is -0.870 e. The van der Waals surface area contributed by atoms with Crippen LogP contribution in [0.2, 0.25) is 0 Å². The molecular weight excluding hydrogens is 1180 g/mol. The van der Waals surface area contributed by atoms with Gasteiger partial charge >= 0.3 is 1.43 Å². The lowest BCUT2D eigenvalue weighted by Gasteiger charge is -2.23. The largest absolute Gasteiger partial charge is 1.00 e. The molecule has 494 valence electrons. The van der Waals surface area contributed by atoms with E-state index in [2.05, 4.69) is 10.4 Å². The molecule has 1 aliphatic rings.